The van der Waals surface area contributed by atoms with Gasteiger partial charge in [0, 0.05) is 42.9 Å². The lowest BCUT2D eigenvalue weighted by Crippen LogP contribution is -2.14. The minimum Gasteiger partial charge on any atom is -0.496 e. The first-order valence-electron chi connectivity index (χ1n) is 8.58. The van der Waals surface area contributed by atoms with E-state index >= 15 is 0 Å². The molecular weight excluding hydrogens is 332 g/mol. The Labute approximate surface area is 150 Å². The highest BCUT2D eigenvalue weighted by Gasteiger charge is 2.19. The number of ether oxygens (including phenoxy) is 2. The van der Waals surface area contributed by atoms with Crippen LogP contribution in [0.15, 0.2) is 42.7 Å². The molecule has 1 aliphatic rings. The number of fused-ring (bicyclic) bond motifs is 1. The first kappa shape index (κ1) is 16.5. The predicted molar refractivity (Wildman–Crippen MR) is 97.4 cm³/mol. The molecule has 1 saturated heterocycles. The highest BCUT2D eigenvalue weighted by atomic mass is 16.5. The molecular formula is C19H20N4O3. The molecule has 1 aliphatic heterocycles. The van der Waals surface area contributed by atoms with E-state index in [4.69, 9.17) is 9.47 Å². The summed E-state index contributed by atoms with van der Waals surface area (Å²) in [6.45, 7) is 2.40. The molecule has 4 rings (SSSR count). The van der Waals surface area contributed by atoms with Gasteiger partial charge in [0.25, 0.3) is 5.91 Å². The number of hydrogen-bond acceptors (Lipinski definition) is 5. The van der Waals surface area contributed by atoms with Crippen LogP contribution in [-0.2, 0) is 11.3 Å². The molecule has 7 heteroatoms. The standard InChI is InChI=1S/C19H20N4O3/c1-25-17-9-16-14(11-23(22-16)10-13-5-7-26-12-13)8-15(17)19(24)21-18-4-2-3-6-20-18/h2-4,6,8-9,11,13H,5,7,10,12H2,1H3,(H,20,21,24). The molecule has 3 aromatic rings. The molecule has 1 aromatic carbocycles. The van der Waals surface area contributed by atoms with Gasteiger partial charge in [-0.25, -0.2) is 4.98 Å². The zero-order chi connectivity index (χ0) is 17.9. The lowest BCUT2D eigenvalue weighted by molar-refractivity contribution is 0.102. The fourth-order valence-electron chi connectivity index (χ4n) is 3.16. The molecule has 1 unspecified atom stereocenters. The highest BCUT2D eigenvalue weighted by molar-refractivity contribution is 6.08. The quantitative estimate of drug-likeness (QED) is 0.764. The molecule has 0 bridgehead atoms. The minimum absolute atomic E-state index is 0.264. The van der Waals surface area contributed by atoms with Crippen LogP contribution in [0.2, 0.25) is 0 Å². The summed E-state index contributed by atoms with van der Waals surface area (Å²) in [5, 5.41) is 8.29. The summed E-state index contributed by atoms with van der Waals surface area (Å²) in [6, 6.07) is 8.96. The maximum atomic E-state index is 12.6. The van der Waals surface area contributed by atoms with Crippen LogP contribution in [0.1, 0.15) is 16.8 Å². The van der Waals surface area contributed by atoms with Gasteiger partial charge < -0.3 is 14.8 Å². The maximum absolute atomic E-state index is 12.6. The number of nitrogens with zero attached hydrogens (tertiary/aromatic N) is 3. The molecule has 1 atom stereocenters. The van der Waals surface area contributed by atoms with E-state index in [2.05, 4.69) is 15.4 Å². The summed E-state index contributed by atoms with van der Waals surface area (Å²) in [7, 11) is 1.55. The predicted octanol–water partition coefficient (Wildman–Crippen LogP) is 2.73. The number of benzene rings is 1. The van der Waals surface area contributed by atoms with Gasteiger partial charge in [0.15, 0.2) is 0 Å². The molecule has 1 N–H and O–H groups in total. The van der Waals surface area contributed by atoms with E-state index in [-0.39, 0.29) is 5.91 Å². The number of methoxy groups -OCH3 is 1. The van der Waals surface area contributed by atoms with Crippen molar-refractivity contribution < 1.29 is 14.3 Å². The van der Waals surface area contributed by atoms with Gasteiger partial charge in [-0.1, -0.05) is 6.07 Å². The van der Waals surface area contributed by atoms with Crippen molar-refractivity contribution in [3.05, 3.63) is 48.3 Å². The van der Waals surface area contributed by atoms with Crippen molar-refractivity contribution in [2.75, 3.05) is 25.6 Å². The van der Waals surface area contributed by atoms with Crippen molar-refractivity contribution >= 4 is 22.6 Å². The van der Waals surface area contributed by atoms with Crippen LogP contribution in [0.5, 0.6) is 5.75 Å². The molecule has 0 saturated carbocycles. The molecule has 26 heavy (non-hydrogen) atoms. The summed E-state index contributed by atoms with van der Waals surface area (Å²) < 4.78 is 12.8. The van der Waals surface area contributed by atoms with Crippen LogP contribution in [0.4, 0.5) is 5.82 Å². The Kier molecular flexibility index (Phi) is 4.53. The summed E-state index contributed by atoms with van der Waals surface area (Å²) in [5.74, 6) is 1.20. The third-order valence-electron chi connectivity index (χ3n) is 4.49. The summed E-state index contributed by atoms with van der Waals surface area (Å²) in [6.07, 6.45) is 4.65. The van der Waals surface area contributed by atoms with Gasteiger partial charge in [-0.05, 0) is 24.6 Å². The SMILES string of the molecule is COc1cc2nn(CC3CCOC3)cc2cc1C(=O)Nc1ccccn1. The second-order valence-electron chi connectivity index (χ2n) is 6.36. The first-order chi connectivity index (χ1) is 12.7. The van der Waals surface area contributed by atoms with Crippen LogP contribution in [0.3, 0.4) is 0 Å². The van der Waals surface area contributed by atoms with E-state index < -0.39 is 0 Å². The number of anilines is 1. The number of rotatable bonds is 5. The van der Waals surface area contributed by atoms with E-state index in [1.807, 2.05) is 16.9 Å². The fraction of sp³-hybridized carbons (Fsp3) is 0.316. The van der Waals surface area contributed by atoms with Gasteiger partial charge in [-0.2, -0.15) is 5.10 Å². The number of hydrogen-bond donors (Lipinski definition) is 1. The molecule has 3 heterocycles. The Morgan fingerprint density at radius 2 is 2.35 bits per heavy atom. The van der Waals surface area contributed by atoms with E-state index in [1.165, 1.54) is 0 Å². The van der Waals surface area contributed by atoms with Crippen molar-refractivity contribution in [1.29, 1.82) is 0 Å². The van der Waals surface area contributed by atoms with Gasteiger partial charge in [0.1, 0.15) is 11.6 Å². The average Bonchev–Trinajstić information content (AvgIpc) is 3.30. The fourth-order valence-corrected chi connectivity index (χ4v) is 3.16. The molecule has 7 nitrogen and oxygen atoms in total. The minimum atomic E-state index is -0.264. The zero-order valence-corrected chi connectivity index (χ0v) is 14.5. The van der Waals surface area contributed by atoms with Crippen LogP contribution < -0.4 is 10.1 Å². The zero-order valence-electron chi connectivity index (χ0n) is 14.5. The number of carbonyl (C=O) groups is 1. The van der Waals surface area contributed by atoms with E-state index in [9.17, 15) is 4.79 Å². The van der Waals surface area contributed by atoms with Gasteiger partial charge in [-0.3, -0.25) is 9.48 Å². The highest BCUT2D eigenvalue weighted by Crippen LogP contribution is 2.26. The molecule has 2 aromatic heterocycles. The van der Waals surface area contributed by atoms with Gasteiger partial charge in [0.2, 0.25) is 0 Å². The van der Waals surface area contributed by atoms with Crippen LogP contribution in [-0.4, -0.2) is 41.0 Å². The Hall–Kier alpha value is -2.93. The number of pyridine rings is 1. The Morgan fingerprint density at radius 3 is 3.08 bits per heavy atom. The summed E-state index contributed by atoms with van der Waals surface area (Å²) in [4.78, 5) is 16.8. The Balaban J connectivity index is 1.62. The average molecular weight is 352 g/mol. The van der Waals surface area contributed by atoms with E-state index in [1.54, 1.807) is 37.6 Å². The first-order valence-corrected chi connectivity index (χ1v) is 8.58. The number of nitrogens with one attached hydrogen (secondary N) is 1. The molecule has 0 spiro atoms. The molecule has 1 amide bonds. The molecule has 1 fully saturated rings. The third kappa shape index (κ3) is 3.39. The van der Waals surface area contributed by atoms with E-state index in [0.29, 0.717) is 23.0 Å². The second-order valence-corrected chi connectivity index (χ2v) is 6.36. The van der Waals surface area contributed by atoms with Crippen LogP contribution in [0.25, 0.3) is 10.9 Å². The van der Waals surface area contributed by atoms with Gasteiger partial charge in [0.05, 0.1) is 24.8 Å². The number of amides is 1. The topological polar surface area (TPSA) is 78.3 Å². The number of aromatic nitrogens is 3. The second kappa shape index (κ2) is 7.13. The van der Waals surface area contributed by atoms with Crippen molar-refractivity contribution in [2.24, 2.45) is 5.92 Å². The van der Waals surface area contributed by atoms with Crippen molar-refractivity contribution in [2.45, 2.75) is 13.0 Å². The van der Waals surface area contributed by atoms with Crippen molar-refractivity contribution in [3.8, 4) is 5.75 Å². The van der Waals surface area contributed by atoms with Crippen LogP contribution in [0, 0.1) is 5.92 Å². The molecule has 0 aliphatic carbocycles. The maximum Gasteiger partial charge on any atom is 0.260 e. The van der Waals surface area contributed by atoms with Crippen molar-refractivity contribution in [3.63, 3.8) is 0 Å². The third-order valence-corrected chi connectivity index (χ3v) is 4.49. The largest absolute Gasteiger partial charge is 0.496 e. The number of carbonyl (C=O) groups excluding carboxylic acids is 1. The lowest BCUT2D eigenvalue weighted by Gasteiger charge is -2.08. The Morgan fingerprint density at radius 1 is 1.42 bits per heavy atom. The molecule has 0 radical (unpaired) electrons. The Bertz CT molecular complexity index is 917. The normalized spacial score (nSPS) is 16.7. The monoisotopic (exact) mass is 352 g/mol. The summed E-state index contributed by atoms with van der Waals surface area (Å²) in [5.41, 5.74) is 1.25. The smallest absolute Gasteiger partial charge is 0.260 e. The van der Waals surface area contributed by atoms with Gasteiger partial charge >= 0.3 is 0 Å². The summed E-state index contributed by atoms with van der Waals surface area (Å²) >= 11 is 0. The molecule has 134 valence electrons. The van der Waals surface area contributed by atoms with Crippen molar-refractivity contribution in [1.82, 2.24) is 14.8 Å². The van der Waals surface area contributed by atoms with E-state index in [0.717, 1.165) is 37.1 Å². The van der Waals surface area contributed by atoms with Crippen LogP contribution >= 0.6 is 0 Å². The van der Waals surface area contributed by atoms with Gasteiger partial charge in [-0.15, -0.1) is 0 Å². The lowest BCUT2D eigenvalue weighted by atomic mass is 10.1.